The van der Waals surface area contributed by atoms with Crippen LogP contribution in [0, 0.1) is 12.8 Å². The van der Waals surface area contributed by atoms with Gasteiger partial charge in [0.05, 0.1) is 12.1 Å². The standard InChI is InChI=1S/C14H21N3O4S/c1-10-15-8-12(16(10)2)22(20,21)17-9-11(13(18)19)7-14(17)5-3-4-6-14/h8,11H,3-7,9H2,1-2H3,(H,18,19). The van der Waals surface area contributed by atoms with Gasteiger partial charge in [0.1, 0.15) is 5.82 Å². The lowest BCUT2D eigenvalue weighted by Crippen LogP contribution is -2.45. The summed E-state index contributed by atoms with van der Waals surface area (Å²) in [4.78, 5) is 15.4. The number of hydrogen-bond acceptors (Lipinski definition) is 4. The molecule has 1 saturated carbocycles. The average molecular weight is 327 g/mol. The maximum absolute atomic E-state index is 13.1. The summed E-state index contributed by atoms with van der Waals surface area (Å²) in [6, 6.07) is 0. The minimum Gasteiger partial charge on any atom is -0.481 e. The predicted octanol–water partition coefficient (Wildman–Crippen LogP) is 1.14. The van der Waals surface area contributed by atoms with Gasteiger partial charge in [-0.3, -0.25) is 4.79 Å². The Hall–Kier alpha value is -1.41. The minimum absolute atomic E-state index is 0.0574. The van der Waals surface area contributed by atoms with Crippen LogP contribution in [0.15, 0.2) is 11.2 Å². The first kappa shape index (κ1) is 15.5. The number of imidazole rings is 1. The van der Waals surface area contributed by atoms with Crippen molar-refractivity contribution < 1.29 is 18.3 Å². The summed E-state index contributed by atoms with van der Waals surface area (Å²) in [5, 5.41) is 9.47. The number of aryl methyl sites for hydroxylation is 1. The number of rotatable bonds is 3. The van der Waals surface area contributed by atoms with E-state index >= 15 is 0 Å². The smallest absolute Gasteiger partial charge is 0.307 e. The van der Waals surface area contributed by atoms with Crippen LogP contribution >= 0.6 is 0 Å². The minimum atomic E-state index is -3.74. The first-order valence-electron chi connectivity index (χ1n) is 7.52. The van der Waals surface area contributed by atoms with Crippen LogP contribution in [0.4, 0.5) is 0 Å². The molecule has 0 radical (unpaired) electrons. The van der Waals surface area contributed by atoms with E-state index in [1.165, 1.54) is 10.5 Å². The van der Waals surface area contributed by atoms with Gasteiger partial charge in [0.15, 0.2) is 5.03 Å². The summed E-state index contributed by atoms with van der Waals surface area (Å²) < 4.78 is 29.1. The van der Waals surface area contributed by atoms with E-state index in [0.717, 1.165) is 25.7 Å². The summed E-state index contributed by atoms with van der Waals surface area (Å²) in [6.07, 6.45) is 5.16. The highest BCUT2D eigenvalue weighted by molar-refractivity contribution is 7.89. The second-order valence-electron chi connectivity index (χ2n) is 6.41. The Bertz CT molecular complexity index is 704. The van der Waals surface area contributed by atoms with Crippen molar-refractivity contribution in [3.63, 3.8) is 0 Å². The summed E-state index contributed by atoms with van der Waals surface area (Å²) >= 11 is 0. The van der Waals surface area contributed by atoms with Crippen molar-refractivity contribution in [2.24, 2.45) is 13.0 Å². The predicted molar refractivity (Wildman–Crippen MR) is 78.8 cm³/mol. The number of hydrogen-bond donors (Lipinski definition) is 1. The Morgan fingerprint density at radius 3 is 2.55 bits per heavy atom. The van der Waals surface area contributed by atoms with Crippen LogP contribution in [-0.4, -0.2) is 45.4 Å². The largest absolute Gasteiger partial charge is 0.481 e. The molecule has 1 unspecified atom stereocenters. The molecule has 0 aromatic carbocycles. The highest BCUT2D eigenvalue weighted by Gasteiger charge is 2.54. The van der Waals surface area contributed by atoms with Gasteiger partial charge in [-0.1, -0.05) is 12.8 Å². The Kier molecular flexibility index (Phi) is 3.56. The van der Waals surface area contributed by atoms with E-state index in [-0.39, 0.29) is 11.6 Å². The molecule has 1 aromatic heterocycles. The van der Waals surface area contributed by atoms with Crippen LogP contribution in [0.25, 0.3) is 0 Å². The summed E-state index contributed by atoms with van der Waals surface area (Å²) in [6.45, 7) is 1.80. The van der Waals surface area contributed by atoms with Crippen LogP contribution in [0.2, 0.25) is 0 Å². The van der Waals surface area contributed by atoms with Crippen molar-refractivity contribution >= 4 is 16.0 Å². The summed E-state index contributed by atoms with van der Waals surface area (Å²) in [5.41, 5.74) is -0.528. The van der Waals surface area contributed by atoms with Gasteiger partial charge >= 0.3 is 5.97 Å². The molecule has 22 heavy (non-hydrogen) atoms. The second kappa shape index (κ2) is 5.06. The summed E-state index contributed by atoms with van der Waals surface area (Å²) in [7, 11) is -2.07. The van der Waals surface area contributed by atoms with Crippen LogP contribution in [0.1, 0.15) is 37.9 Å². The molecular formula is C14H21N3O4S. The maximum Gasteiger partial charge on any atom is 0.307 e. The molecule has 1 aliphatic carbocycles. The lowest BCUT2D eigenvalue weighted by molar-refractivity contribution is -0.141. The van der Waals surface area contributed by atoms with Gasteiger partial charge in [0, 0.05) is 19.1 Å². The molecule has 7 nitrogen and oxygen atoms in total. The van der Waals surface area contributed by atoms with E-state index in [4.69, 9.17) is 0 Å². The SMILES string of the molecule is Cc1ncc(S(=O)(=O)N2CC(C(=O)O)CC23CCCC3)n1C. The van der Waals surface area contributed by atoms with E-state index in [1.54, 1.807) is 18.5 Å². The van der Waals surface area contributed by atoms with Crippen molar-refractivity contribution in [1.82, 2.24) is 13.9 Å². The van der Waals surface area contributed by atoms with Crippen molar-refractivity contribution in [1.29, 1.82) is 0 Å². The van der Waals surface area contributed by atoms with E-state index < -0.39 is 27.4 Å². The number of aliphatic carboxylic acids is 1. The van der Waals surface area contributed by atoms with E-state index in [9.17, 15) is 18.3 Å². The molecule has 1 N–H and O–H groups in total. The van der Waals surface area contributed by atoms with Crippen molar-refractivity contribution in [3.8, 4) is 0 Å². The van der Waals surface area contributed by atoms with Gasteiger partial charge in [-0.05, 0) is 26.2 Å². The Morgan fingerprint density at radius 2 is 2.05 bits per heavy atom. The number of sulfonamides is 1. The third kappa shape index (κ3) is 2.16. The fraction of sp³-hybridized carbons (Fsp3) is 0.714. The molecular weight excluding hydrogens is 306 g/mol. The van der Waals surface area contributed by atoms with E-state index in [1.807, 2.05) is 0 Å². The van der Waals surface area contributed by atoms with Crippen molar-refractivity contribution in [2.75, 3.05) is 6.54 Å². The van der Waals surface area contributed by atoms with Gasteiger partial charge < -0.3 is 9.67 Å². The van der Waals surface area contributed by atoms with Crippen LogP contribution in [0.5, 0.6) is 0 Å². The molecule has 3 rings (SSSR count). The van der Waals surface area contributed by atoms with E-state index in [2.05, 4.69) is 4.98 Å². The highest BCUT2D eigenvalue weighted by Crippen LogP contribution is 2.47. The number of carbonyl (C=O) groups is 1. The van der Waals surface area contributed by atoms with Gasteiger partial charge in [0.25, 0.3) is 10.0 Å². The lowest BCUT2D eigenvalue weighted by atomic mass is 9.91. The van der Waals surface area contributed by atoms with E-state index in [0.29, 0.717) is 12.2 Å². The Morgan fingerprint density at radius 1 is 1.41 bits per heavy atom. The number of aromatic nitrogens is 2. The van der Waals surface area contributed by atoms with Crippen LogP contribution in [-0.2, 0) is 21.9 Å². The molecule has 2 heterocycles. The quantitative estimate of drug-likeness (QED) is 0.898. The zero-order chi connectivity index (χ0) is 16.1. The Labute approximate surface area is 130 Å². The monoisotopic (exact) mass is 327 g/mol. The zero-order valence-corrected chi connectivity index (χ0v) is 13.6. The molecule has 1 saturated heterocycles. The van der Waals surface area contributed by atoms with Crippen molar-refractivity contribution in [3.05, 3.63) is 12.0 Å². The molecule has 122 valence electrons. The third-order valence-corrected chi connectivity index (χ3v) is 7.18. The fourth-order valence-electron chi connectivity index (χ4n) is 3.86. The zero-order valence-electron chi connectivity index (χ0n) is 12.8. The molecule has 2 fully saturated rings. The molecule has 0 bridgehead atoms. The molecule has 2 aliphatic rings. The van der Waals surface area contributed by atoms with Crippen molar-refractivity contribution in [2.45, 2.75) is 49.6 Å². The first-order chi connectivity index (χ1) is 10.3. The summed E-state index contributed by atoms with van der Waals surface area (Å²) in [5.74, 6) is -0.916. The fourth-order valence-corrected chi connectivity index (χ4v) is 5.89. The van der Waals surface area contributed by atoms with Crippen LogP contribution in [0.3, 0.4) is 0 Å². The first-order valence-corrected chi connectivity index (χ1v) is 8.96. The van der Waals surface area contributed by atoms with Gasteiger partial charge in [-0.25, -0.2) is 13.4 Å². The van der Waals surface area contributed by atoms with Gasteiger partial charge in [0.2, 0.25) is 0 Å². The number of carboxylic acids is 1. The highest BCUT2D eigenvalue weighted by atomic mass is 32.2. The molecule has 1 aromatic rings. The van der Waals surface area contributed by atoms with Gasteiger partial charge in [-0.2, -0.15) is 4.31 Å². The molecule has 1 aliphatic heterocycles. The maximum atomic E-state index is 13.1. The second-order valence-corrected chi connectivity index (χ2v) is 8.22. The van der Waals surface area contributed by atoms with Gasteiger partial charge in [-0.15, -0.1) is 0 Å². The Balaban J connectivity index is 2.04. The topological polar surface area (TPSA) is 92.5 Å². The lowest BCUT2D eigenvalue weighted by Gasteiger charge is -2.33. The molecule has 8 heteroatoms. The van der Waals surface area contributed by atoms with Crippen LogP contribution < -0.4 is 0 Å². The third-order valence-electron chi connectivity index (χ3n) is 5.16. The molecule has 1 atom stereocenters. The molecule has 1 spiro atoms. The molecule has 0 amide bonds. The normalized spacial score (nSPS) is 25.1. The number of carboxylic acid groups (broad SMARTS) is 1. The number of nitrogens with zero attached hydrogens (tertiary/aromatic N) is 3. The average Bonchev–Trinajstić information content (AvgIpc) is 3.13.